The number of hydrogen-bond donors (Lipinski definition) is 1. The predicted octanol–water partition coefficient (Wildman–Crippen LogP) is 2.45. The fourth-order valence-electron chi connectivity index (χ4n) is 3.44. The Labute approximate surface area is 180 Å². The van der Waals surface area contributed by atoms with Crippen LogP contribution in [0.5, 0.6) is 0 Å². The summed E-state index contributed by atoms with van der Waals surface area (Å²) in [5.74, 6) is 1.01. The SMILES string of the molecule is Cl.Cl.Cn1cc(-c2cn3nccc3c(-c3ccc(N4CCNCC4)nc3)n2)cn1. The van der Waals surface area contributed by atoms with E-state index in [0.717, 1.165) is 60.0 Å². The average Bonchev–Trinajstić information content (AvgIpc) is 3.37. The molecule has 4 aromatic rings. The van der Waals surface area contributed by atoms with E-state index >= 15 is 0 Å². The highest BCUT2D eigenvalue weighted by Gasteiger charge is 2.14. The van der Waals surface area contributed by atoms with Crippen molar-refractivity contribution in [3.63, 3.8) is 0 Å². The molecule has 5 heterocycles. The van der Waals surface area contributed by atoms with Crippen molar-refractivity contribution < 1.29 is 0 Å². The van der Waals surface area contributed by atoms with Crippen molar-refractivity contribution in [2.24, 2.45) is 7.05 Å². The molecule has 0 aromatic carbocycles. The molecular weight excluding hydrogens is 411 g/mol. The molecule has 29 heavy (non-hydrogen) atoms. The van der Waals surface area contributed by atoms with E-state index in [0.29, 0.717) is 0 Å². The number of anilines is 1. The normalized spacial score (nSPS) is 13.8. The first kappa shape index (κ1) is 21.0. The highest BCUT2D eigenvalue weighted by atomic mass is 35.5. The lowest BCUT2D eigenvalue weighted by Crippen LogP contribution is -2.43. The van der Waals surface area contributed by atoms with Crippen LogP contribution in [-0.4, -0.2) is 55.5 Å². The van der Waals surface area contributed by atoms with E-state index in [1.54, 1.807) is 10.9 Å². The van der Waals surface area contributed by atoms with Crippen LogP contribution in [0, 0.1) is 0 Å². The summed E-state index contributed by atoms with van der Waals surface area (Å²) >= 11 is 0. The lowest BCUT2D eigenvalue weighted by Gasteiger charge is -2.28. The zero-order chi connectivity index (χ0) is 18.2. The fourth-order valence-corrected chi connectivity index (χ4v) is 3.44. The van der Waals surface area contributed by atoms with Crippen molar-refractivity contribution in [3.05, 3.63) is 49.2 Å². The van der Waals surface area contributed by atoms with Crippen molar-refractivity contribution in [2.75, 3.05) is 31.1 Å². The highest BCUT2D eigenvalue weighted by molar-refractivity contribution is 5.85. The lowest BCUT2D eigenvalue weighted by molar-refractivity contribution is 0.585. The van der Waals surface area contributed by atoms with E-state index in [1.165, 1.54) is 0 Å². The number of rotatable bonds is 3. The van der Waals surface area contributed by atoms with Crippen LogP contribution < -0.4 is 10.2 Å². The second-order valence-electron chi connectivity index (χ2n) is 6.68. The Kier molecular flexibility index (Phi) is 6.36. The van der Waals surface area contributed by atoms with Crippen molar-refractivity contribution >= 4 is 36.1 Å². The number of aryl methyl sites for hydroxylation is 1. The third-order valence-corrected chi connectivity index (χ3v) is 4.85. The van der Waals surface area contributed by atoms with Gasteiger partial charge < -0.3 is 10.2 Å². The van der Waals surface area contributed by atoms with Crippen LogP contribution in [0.15, 0.2) is 49.2 Å². The van der Waals surface area contributed by atoms with Crippen molar-refractivity contribution in [1.29, 1.82) is 0 Å². The van der Waals surface area contributed by atoms with Crippen molar-refractivity contribution in [3.8, 4) is 22.5 Å². The second-order valence-corrected chi connectivity index (χ2v) is 6.68. The highest BCUT2D eigenvalue weighted by Crippen LogP contribution is 2.27. The summed E-state index contributed by atoms with van der Waals surface area (Å²) in [5, 5.41) is 12.0. The molecule has 10 heteroatoms. The summed E-state index contributed by atoms with van der Waals surface area (Å²) in [5.41, 5.74) is 4.60. The van der Waals surface area contributed by atoms with Gasteiger partial charge >= 0.3 is 0 Å². The van der Waals surface area contributed by atoms with E-state index in [4.69, 9.17) is 4.98 Å². The molecule has 1 aliphatic rings. The molecule has 0 bridgehead atoms. The average molecular weight is 433 g/mol. The smallest absolute Gasteiger partial charge is 0.128 e. The van der Waals surface area contributed by atoms with Gasteiger partial charge in [-0.15, -0.1) is 24.8 Å². The molecule has 0 amide bonds. The van der Waals surface area contributed by atoms with Crippen LogP contribution in [0.1, 0.15) is 0 Å². The lowest BCUT2D eigenvalue weighted by atomic mass is 10.1. The van der Waals surface area contributed by atoms with Crippen molar-refractivity contribution in [2.45, 2.75) is 0 Å². The van der Waals surface area contributed by atoms with Crippen molar-refractivity contribution in [1.82, 2.24) is 34.7 Å². The number of nitrogens with zero attached hydrogens (tertiary/aromatic N) is 7. The van der Waals surface area contributed by atoms with Crippen LogP contribution >= 0.6 is 24.8 Å². The summed E-state index contributed by atoms with van der Waals surface area (Å²) in [6, 6.07) is 6.14. The third-order valence-electron chi connectivity index (χ3n) is 4.85. The maximum absolute atomic E-state index is 4.89. The minimum atomic E-state index is 0. The number of piperazine rings is 1. The standard InChI is InChI=1S/C19H20N8.2ClH/c1-25-12-15(11-23-25)16-13-27-17(4-5-22-27)19(24-16)14-2-3-18(21-10-14)26-8-6-20-7-9-26;;/h2-5,10-13,20H,6-9H2,1H3;2*1H. The molecule has 0 unspecified atom stereocenters. The number of aromatic nitrogens is 6. The minimum absolute atomic E-state index is 0. The number of halogens is 2. The van der Waals surface area contributed by atoms with Gasteiger partial charge in [-0.05, 0) is 18.2 Å². The van der Waals surface area contributed by atoms with E-state index in [1.807, 2.05) is 42.4 Å². The third kappa shape index (κ3) is 4.05. The molecule has 8 nitrogen and oxygen atoms in total. The van der Waals surface area contributed by atoms with Crippen LogP contribution in [0.4, 0.5) is 5.82 Å². The summed E-state index contributed by atoms with van der Waals surface area (Å²) in [6.45, 7) is 3.95. The fraction of sp³-hybridized carbons (Fsp3) is 0.263. The number of pyridine rings is 1. The van der Waals surface area contributed by atoms with Crippen LogP contribution in [-0.2, 0) is 7.05 Å². The Morgan fingerprint density at radius 1 is 0.931 bits per heavy atom. The molecule has 1 aliphatic heterocycles. The predicted molar refractivity (Wildman–Crippen MR) is 118 cm³/mol. The molecule has 1 fully saturated rings. The van der Waals surface area contributed by atoms with Crippen LogP contribution in [0.25, 0.3) is 28.0 Å². The Hall–Kier alpha value is -2.68. The van der Waals surface area contributed by atoms with Crippen LogP contribution in [0.2, 0.25) is 0 Å². The topological polar surface area (TPSA) is 76.2 Å². The monoisotopic (exact) mass is 432 g/mol. The van der Waals surface area contributed by atoms with Gasteiger partial charge in [-0.25, -0.2) is 14.5 Å². The molecule has 0 atom stereocenters. The Bertz CT molecular complexity index is 1080. The van der Waals surface area contributed by atoms with Gasteiger partial charge in [0.15, 0.2) is 0 Å². The maximum atomic E-state index is 4.89. The maximum Gasteiger partial charge on any atom is 0.128 e. The first-order chi connectivity index (χ1) is 13.3. The molecule has 4 aromatic heterocycles. The summed E-state index contributed by atoms with van der Waals surface area (Å²) < 4.78 is 3.63. The van der Waals surface area contributed by atoms with E-state index in [-0.39, 0.29) is 24.8 Å². The molecule has 5 rings (SSSR count). The molecule has 0 saturated carbocycles. The van der Waals surface area contributed by atoms with Crippen LogP contribution in [0.3, 0.4) is 0 Å². The van der Waals surface area contributed by atoms with E-state index in [2.05, 4.69) is 37.5 Å². The van der Waals surface area contributed by atoms with Gasteiger partial charge in [-0.3, -0.25) is 4.68 Å². The summed E-state index contributed by atoms with van der Waals surface area (Å²) in [4.78, 5) is 11.9. The largest absolute Gasteiger partial charge is 0.354 e. The molecule has 0 spiro atoms. The quantitative estimate of drug-likeness (QED) is 0.535. The summed E-state index contributed by atoms with van der Waals surface area (Å²) in [6.07, 6.45) is 9.38. The van der Waals surface area contributed by atoms with Gasteiger partial charge in [-0.1, -0.05) is 0 Å². The Morgan fingerprint density at radius 2 is 1.76 bits per heavy atom. The summed E-state index contributed by atoms with van der Waals surface area (Å²) in [7, 11) is 1.90. The van der Waals surface area contributed by atoms with Gasteiger partial charge in [0.05, 0.1) is 35.5 Å². The molecule has 0 radical (unpaired) electrons. The number of nitrogens with one attached hydrogen (secondary N) is 1. The molecule has 152 valence electrons. The zero-order valence-electron chi connectivity index (χ0n) is 15.9. The van der Waals surface area contributed by atoms with Gasteiger partial charge in [0, 0.05) is 56.7 Å². The Balaban J connectivity index is 0.00000120. The second kappa shape index (κ2) is 8.77. The van der Waals surface area contributed by atoms with E-state index < -0.39 is 0 Å². The molecule has 1 saturated heterocycles. The van der Waals surface area contributed by atoms with Gasteiger partial charge in [0.1, 0.15) is 5.82 Å². The minimum Gasteiger partial charge on any atom is -0.354 e. The number of hydrogen-bond acceptors (Lipinski definition) is 6. The van der Waals surface area contributed by atoms with Gasteiger partial charge in [0.2, 0.25) is 0 Å². The zero-order valence-corrected chi connectivity index (χ0v) is 17.5. The molecule has 1 N–H and O–H groups in total. The number of fused-ring (bicyclic) bond motifs is 1. The first-order valence-electron chi connectivity index (χ1n) is 9.03. The first-order valence-corrected chi connectivity index (χ1v) is 9.03. The Morgan fingerprint density at radius 3 is 2.45 bits per heavy atom. The van der Waals surface area contributed by atoms with Gasteiger partial charge in [-0.2, -0.15) is 10.2 Å². The molecular formula is C19H22Cl2N8. The van der Waals surface area contributed by atoms with E-state index in [9.17, 15) is 0 Å². The molecule has 0 aliphatic carbocycles. The van der Waals surface area contributed by atoms with Gasteiger partial charge in [0.25, 0.3) is 0 Å².